The van der Waals surface area contributed by atoms with Crippen LogP contribution in [0.25, 0.3) is 27.6 Å². The minimum Gasteiger partial charge on any atom is -0.390 e. The van der Waals surface area contributed by atoms with Crippen molar-refractivity contribution in [3.05, 3.63) is 53.9 Å². The van der Waals surface area contributed by atoms with Gasteiger partial charge in [0.2, 0.25) is 0 Å². The number of benzene rings is 1. The largest absolute Gasteiger partial charge is 0.390 e. The van der Waals surface area contributed by atoms with E-state index in [1.165, 1.54) is 0 Å². The van der Waals surface area contributed by atoms with Gasteiger partial charge in [0.05, 0.1) is 22.6 Å². The number of alkyl halides is 1. The Kier molecular flexibility index (Phi) is 4.83. The molecule has 4 rings (SSSR count). The van der Waals surface area contributed by atoms with Crippen LogP contribution in [0.5, 0.6) is 0 Å². The molecule has 0 aliphatic rings. The Bertz CT molecular complexity index is 1020. The van der Waals surface area contributed by atoms with Gasteiger partial charge in [0, 0.05) is 17.8 Å². The van der Waals surface area contributed by atoms with Gasteiger partial charge < -0.3 is 10.4 Å². The standard InChI is InChI=1S/C18H16ClN5OS/c19-10-14(25)11-20-13-4-1-3-12(9-13)15-6-7-17-21-22-18(24(17)23-15)16-5-2-8-26-16/h1-9,14,20,25H,10-11H2. The van der Waals surface area contributed by atoms with Crippen molar-refractivity contribution in [1.29, 1.82) is 0 Å². The van der Waals surface area contributed by atoms with Gasteiger partial charge in [-0.1, -0.05) is 18.2 Å². The van der Waals surface area contributed by atoms with Crippen LogP contribution in [0.4, 0.5) is 5.69 Å². The number of rotatable bonds is 6. The average molecular weight is 386 g/mol. The lowest BCUT2D eigenvalue weighted by Gasteiger charge is -2.11. The Hall–Kier alpha value is -2.48. The second-order valence-corrected chi connectivity index (χ2v) is 7.02. The molecule has 0 amide bonds. The smallest absolute Gasteiger partial charge is 0.195 e. The first kappa shape index (κ1) is 17.0. The van der Waals surface area contributed by atoms with E-state index >= 15 is 0 Å². The Labute approximate surface area is 159 Å². The molecular weight excluding hydrogens is 370 g/mol. The molecular formula is C18H16ClN5OS. The van der Waals surface area contributed by atoms with E-state index in [1.807, 2.05) is 53.9 Å². The molecule has 4 aromatic rings. The Morgan fingerprint density at radius 1 is 1.15 bits per heavy atom. The maximum atomic E-state index is 9.60. The van der Waals surface area contributed by atoms with E-state index in [4.69, 9.17) is 16.7 Å². The van der Waals surface area contributed by atoms with Crippen LogP contribution in [0.2, 0.25) is 0 Å². The SMILES string of the molecule is OC(CCl)CNc1cccc(-c2ccc3nnc(-c4cccs4)n3n2)c1. The van der Waals surface area contributed by atoms with Crippen molar-refractivity contribution in [2.75, 3.05) is 17.7 Å². The maximum Gasteiger partial charge on any atom is 0.195 e. The van der Waals surface area contributed by atoms with Crippen molar-refractivity contribution in [3.8, 4) is 22.0 Å². The molecule has 0 saturated heterocycles. The van der Waals surface area contributed by atoms with Crippen LogP contribution in [0.3, 0.4) is 0 Å². The predicted octanol–water partition coefficient (Wildman–Crippen LogP) is 3.53. The summed E-state index contributed by atoms with van der Waals surface area (Å²) in [5.41, 5.74) is 3.38. The van der Waals surface area contributed by atoms with E-state index in [1.54, 1.807) is 15.9 Å². The van der Waals surface area contributed by atoms with Crippen molar-refractivity contribution in [1.82, 2.24) is 19.8 Å². The van der Waals surface area contributed by atoms with Crippen molar-refractivity contribution < 1.29 is 5.11 Å². The lowest BCUT2D eigenvalue weighted by Crippen LogP contribution is -2.20. The number of aliphatic hydroxyl groups is 1. The Morgan fingerprint density at radius 3 is 2.88 bits per heavy atom. The fourth-order valence-electron chi connectivity index (χ4n) is 2.58. The quantitative estimate of drug-likeness (QED) is 0.496. The number of nitrogens with one attached hydrogen (secondary N) is 1. The van der Waals surface area contributed by atoms with Crippen LogP contribution in [0.1, 0.15) is 0 Å². The highest BCUT2D eigenvalue weighted by molar-refractivity contribution is 7.13. The number of anilines is 1. The zero-order valence-electron chi connectivity index (χ0n) is 13.7. The summed E-state index contributed by atoms with van der Waals surface area (Å²) < 4.78 is 1.76. The lowest BCUT2D eigenvalue weighted by atomic mass is 10.1. The number of aromatic nitrogens is 4. The van der Waals surface area contributed by atoms with E-state index in [-0.39, 0.29) is 5.88 Å². The first-order chi connectivity index (χ1) is 12.7. The summed E-state index contributed by atoms with van der Waals surface area (Å²) in [6.07, 6.45) is -0.583. The van der Waals surface area contributed by atoms with Crippen molar-refractivity contribution in [2.24, 2.45) is 0 Å². The molecule has 3 aromatic heterocycles. The van der Waals surface area contributed by atoms with E-state index in [9.17, 15) is 5.11 Å². The second-order valence-electron chi connectivity index (χ2n) is 5.76. The number of nitrogens with zero attached hydrogens (tertiary/aromatic N) is 4. The lowest BCUT2D eigenvalue weighted by molar-refractivity contribution is 0.211. The number of aliphatic hydroxyl groups excluding tert-OH is 1. The molecule has 3 heterocycles. The zero-order valence-corrected chi connectivity index (χ0v) is 15.3. The average Bonchev–Trinajstić information content (AvgIpc) is 3.35. The third kappa shape index (κ3) is 3.41. The third-order valence-electron chi connectivity index (χ3n) is 3.88. The molecule has 0 bridgehead atoms. The molecule has 0 aliphatic carbocycles. The highest BCUT2D eigenvalue weighted by Gasteiger charge is 2.12. The highest BCUT2D eigenvalue weighted by atomic mass is 35.5. The summed E-state index contributed by atoms with van der Waals surface area (Å²) >= 11 is 7.24. The highest BCUT2D eigenvalue weighted by Crippen LogP contribution is 2.25. The van der Waals surface area contributed by atoms with Gasteiger partial charge >= 0.3 is 0 Å². The molecule has 26 heavy (non-hydrogen) atoms. The van der Waals surface area contributed by atoms with E-state index in [0.717, 1.165) is 27.6 Å². The summed E-state index contributed by atoms with van der Waals surface area (Å²) in [7, 11) is 0. The molecule has 1 unspecified atom stereocenters. The number of fused-ring (bicyclic) bond motifs is 1. The van der Waals surface area contributed by atoms with Crippen molar-refractivity contribution >= 4 is 34.3 Å². The van der Waals surface area contributed by atoms with Crippen LogP contribution in [-0.2, 0) is 0 Å². The van der Waals surface area contributed by atoms with Crippen LogP contribution >= 0.6 is 22.9 Å². The summed E-state index contributed by atoms with van der Waals surface area (Å²) in [6, 6.07) is 15.7. The number of halogens is 1. The molecule has 132 valence electrons. The first-order valence-electron chi connectivity index (χ1n) is 8.09. The second kappa shape index (κ2) is 7.41. The number of hydrogen-bond acceptors (Lipinski definition) is 6. The van der Waals surface area contributed by atoms with Gasteiger partial charge in [0.15, 0.2) is 11.5 Å². The summed E-state index contributed by atoms with van der Waals surface area (Å²) in [4.78, 5) is 1.02. The van der Waals surface area contributed by atoms with Gasteiger partial charge in [-0.05, 0) is 35.7 Å². The van der Waals surface area contributed by atoms with E-state index in [2.05, 4.69) is 15.5 Å². The minimum absolute atomic E-state index is 0.198. The Morgan fingerprint density at radius 2 is 2.08 bits per heavy atom. The van der Waals surface area contributed by atoms with Gasteiger partial charge in [0.25, 0.3) is 0 Å². The monoisotopic (exact) mass is 385 g/mol. The van der Waals surface area contributed by atoms with Crippen molar-refractivity contribution in [2.45, 2.75) is 6.10 Å². The summed E-state index contributed by atoms with van der Waals surface area (Å²) in [6.45, 7) is 0.396. The van der Waals surface area contributed by atoms with Gasteiger partial charge in [-0.25, -0.2) is 0 Å². The zero-order chi connectivity index (χ0) is 17.9. The molecule has 0 radical (unpaired) electrons. The minimum atomic E-state index is -0.583. The molecule has 0 saturated carbocycles. The molecule has 0 fully saturated rings. The summed E-state index contributed by atoms with van der Waals surface area (Å²) in [5, 5.41) is 27.9. The van der Waals surface area contributed by atoms with E-state index < -0.39 is 6.10 Å². The summed E-state index contributed by atoms with van der Waals surface area (Å²) in [5.74, 6) is 0.931. The van der Waals surface area contributed by atoms with E-state index in [0.29, 0.717) is 12.2 Å². The van der Waals surface area contributed by atoms with Crippen LogP contribution < -0.4 is 5.32 Å². The molecule has 8 heteroatoms. The van der Waals surface area contributed by atoms with Crippen molar-refractivity contribution in [3.63, 3.8) is 0 Å². The topological polar surface area (TPSA) is 75.3 Å². The third-order valence-corrected chi connectivity index (χ3v) is 5.10. The molecule has 2 N–H and O–H groups in total. The van der Waals surface area contributed by atoms with Gasteiger partial charge in [0.1, 0.15) is 0 Å². The van der Waals surface area contributed by atoms with Gasteiger partial charge in [-0.3, -0.25) is 0 Å². The molecule has 6 nitrogen and oxygen atoms in total. The Balaban J connectivity index is 1.67. The first-order valence-corrected chi connectivity index (χ1v) is 9.50. The van der Waals surface area contributed by atoms with Crippen LogP contribution in [0, 0.1) is 0 Å². The molecule has 1 aromatic carbocycles. The van der Waals surface area contributed by atoms with Crippen LogP contribution in [-0.4, -0.2) is 43.4 Å². The maximum absolute atomic E-state index is 9.60. The predicted molar refractivity (Wildman–Crippen MR) is 105 cm³/mol. The fourth-order valence-corrected chi connectivity index (χ4v) is 3.38. The van der Waals surface area contributed by atoms with Gasteiger partial charge in [-0.15, -0.1) is 33.1 Å². The normalized spacial score (nSPS) is 12.4. The van der Waals surface area contributed by atoms with Gasteiger partial charge in [-0.2, -0.15) is 9.61 Å². The van der Waals surface area contributed by atoms with Crippen LogP contribution in [0.15, 0.2) is 53.9 Å². The number of thiophene rings is 1. The fraction of sp³-hybridized carbons (Fsp3) is 0.167. The molecule has 1 atom stereocenters. The molecule has 0 spiro atoms. The molecule has 0 aliphatic heterocycles. The number of hydrogen-bond donors (Lipinski definition) is 2.